The van der Waals surface area contributed by atoms with E-state index in [4.69, 9.17) is 4.74 Å². The van der Waals surface area contributed by atoms with E-state index >= 15 is 0 Å². The number of amides is 1. The molecule has 30 heavy (non-hydrogen) atoms. The highest BCUT2D eigenvalue weighted by Gasteiger charge is 2.23. The van der Waals surface area contributed by atoms with Crippen molar-refractivity contribution in [1.29, 1.82) is 0 Å². The molecule has 0 radical (unpaired) electrons. The van der Waals surface area contributed by atoms with Crippen molar-refractivity contribution in [3.8, 4) is 0 Å². The Hall–Kier alpha value is -2.48. The second-order valence-electron chi connectivity index (χ2n) is 7.44. The number of rotatable bonds is 9. The highest BCUT2D eigenvalue weighted by molar-refractivity contribution is 7.89. The van der Waals surface area contributed by atoms with Crippen LogP contribution in [0.15, 0.2) is 66.1 Å². The zero-order chi connectivity index (χ0) is 21.6. The van der Waals surface area contributed by atoms with Crippen molar-refractivity contribution in [2.45, 2.75) is 37.3 Å². The van der Waals surface area contributed by atoms with E-state index in [9.17, 15) is 13.2 Å². The highest BCUT2D eigenvalue weighted by atomic mass is 32.2. The Labute approximate surface area is 178 Å². The third-order valence-corrected chi connectivity index (χ3v) is 6.91. The maximum Gasteiger partial charge on any atom is 0.251 e. The second-order valence-corrected chi connectivity index (χ2v) is 9.38. The molecule has 0 bridgehead atoms. The molecule has 1 N–H and O–H groups in total. The van der Waals surface area contributed by atoms with Crippen LogP contribution in [0.4, 0.5) is 0 Å². The number of hydrogen-bond donors (Lipinski definition) is 1. The first-order valence-electron chi connectivity index (χ1n) is 10.1. The lowest BCUT2D eigenvalue weighted by Gasteiger charge is -2.21. The molecule has 0 aliphatic carbocycles. The fourth-order valence-corrected chi connectivity index (χ4v) is 4.73. The third kappa shape index (κ3) is 5.56. The minimum atomic E-state index is -3.65. The lowest BCUT2D eigenvalue weighted by molar-refractivity contribution is 0.0857. The number of nitrogens with zero attached hydrogens (tertiary/aromatic N) is 1. The largest absolute Gasteiger partial charge is 0.376 e. The first-order chi connectivity index (χ1) is 14.4. The van der Waals surface area contributed by atoms with Crippen molar-refractivity contribution in [3.63, 3.8) is 0 Å². The van der Waals surface area contributed by atoms with Crippen LogP contribution in [0.5, 0.6) is 0 Å². The first-order valence-corrected chi connectivity index (χ1v) is 11.5. The molecule has 1 aliphatic rings. The van der Waals surface area contributed by atoms with Gasteiger partial charge in [-0.1, -0.05) is 35.9 Å². The summed E-state index contributed by atoms with van der Waals surface area (Å²) in [5.74, 6) is -0.160. The molecule has 6 nitrogen and oxygen atoms in total. The maximum absolute atomic E-state index is 13.0. The van der Waals surface area contributed by atoms with E-state index < -0.39 is 10.0 Å². The average Bonchev–Trinajstić information content (AvgIpc) is 3.26. The number of carbonyl (C=O) groups excluding carboxylic acids is 1. The minimum absolute atomic E-state index is 0.0904. The minimum Gasteiger partial charge on any atom is -0.376 e. The molecule has 1 atom stereocenters. The van der Waals surface area contributed by atoms with Crippen LogP contribution in [0.3, 0.4) is 0 Å². The van der Waals surface area contributed by atoms with Gasteiger partial charge in [-0.15, -0.1) is 6.58 Å². The van der Waals surface area contributed by atoms with Crippen molar-refractivity contribution in [1.82, 2.24) is 9.62 Å². The molecule has 0 saturated carbocycles. The van der Waals surface area contributed by atoms with E-state index in [0.29, 0.717) is 12.1 Å². The normalized spacial score (nSPS) is 16.5. The van der Waals surface area contributed by atoms with E-state index in [1.807, 2.05) is 6.92 Å². The van der Waals surface area contributed by atoms with Gasteiger partial charge in [-0.25, -0.2) is 8.42 Å². The Morgan fingerprint density at radius 2 is 1.90 bits per heavy atom. The van der Waals surface area contributed by atoms with Crippen LogP contribution in [0, 0.1) is 6.92 Å². The molecule has 1 heterocycles. The summed E-state index contributed by atoms with van der Waals surface area (Å²) in [5.41, 5.74) is 2.33. The predicted molar refractivity (Wildman–Crippen MR) is 117 cm³/mol. The molecule has 0 spiro atoms. The lowest BCUT2D eigenvalue weighted by atomic mass is 10.1. The quantitative estimate of drug-likeness (QED) is 0.622. The van der Waals surface area contributed by atoms with Crippen LogP contribution in [-0.2, 0) is 21.3 Å². The van der Waals surface area contributed by atoms with Gasteiger partial charge in [-0.05, 0) is 49.6 Å². The number of carbonyl (C=O) groups is 1. The average molecular weight is 429 g/mol. The molecule has 2 aromatic carbocycles. The van der Waals surface area contributed by atoms with Gasteiger partial charge in [0.15, 0.2) is 0 Å². The van der Waals surface area contributed by atoms with Crippen molar-refractivity contribution >= 4 is 15.9 Å². The third-order valence-electron chi connectivity index (χ3n) is 5.08. The van der Waals surface area contributed by atoms with Crippen LogP contribution in [0.2, 0.25) is 0 Å². The number of sulfonamides is 1. The van der Waals surface area contributed by atoms with Gasteiger partial charge in [0.05, 0.1) is 11.0 Å². The molecular formula is C23H28N2O4S. The monoisotopic (exact) mass is 428 g/mol. The smallest absolute Gasteiger partial charge is 0.251 e. The van der Waals surface area contributed by atoms with E-state index in [1.54, 1.807) is 54.6 Å². The molecule has 3 rings (SSSR count). The van der Waals surface area contributed by atoms with Gasteiger partial charge < -0.3 is 10.1 Å². The summed E-state index contributed by atoms with van der Waals surface area (Å²) in [7, 11) is -3.65. The topological polar surface area (TPSA) is 75.7 Å². The zero-order valence-corrected chi connectivity index (χ0v) is 18.0. The van der Waals surface area contributed by atoms with Gasteiger partial charge in [-0.3, -0.25) is 4.79 Å². The summed E-state index contributed by atoms with van der Waals surface area (Å²) in [6.07, 6.45) is 3.65. The molecule has 160 valence electrons. The standard InChI is InChI=1S/C23H28N2O4S/c1-3-14-25(30(27,28)22-12-6-18(2)7-13-22)17-19-8-10-20(11-9-19)23(26)24-16-21-5-4-15-29-21/h3,6-13,21H,1,4-5,14-17H2,2H3,(H,24,26)/t21-/m1/s1. The number of ether oxygens (including phenoxy) is 1. The molecule has 1 amide bonds. The molecule has 1 aliphatic heterocycles. The van der Waals surface area contributed by atoms with Gasteiger partial charge in [-0.2, -0.15) is 4.31 Å². The molecule has 0 unspecified atom stereocenters. The summed E-state index contributed by atoms with van der Waals surface area (Å²) in [6.45, 7) is 7.24. The molecule has 1 saturated heterocycles. The van der Waals surface area contributed by atoms with Crippen LogP contribution in [0.25, 0.3) is 0 Å². The Balaban J connectivity index is 1.67. The van der Waals surface area contributed by atoms with Crippen molar-refractivity contribution in [2.75, 3.05) is 19.7 Å². The van der Waals surface area contributed by atoms with E-state index in [0.717, 1.165) is 30.6 Å². The number of benzene rings is 2. The van der Waals surface area contributed by atoms with Gasteiger partial charge in [0.2, 0.25) is 10.0 Å². The maximum atomic E-state index is 13.0. The predicted octanol–water partition coefficient (Wildman–Crippen LogP) is 3.28. The summed E-state index contributed by atoms with van der Waals surface area (Å²) in [5, 5.41) is 2.89. The lowest BCUT2D eigenvalue weighted by Crippen LogP contribution is -2.32. The van der Waals surface area contributed by atoms with Crippen molar-refractivity contribution < 1.29 is 17.9 Å². The number of nitrogens with one attached hydrogen (secondary N) is 1. The summed E-state index contributed by atoms with van der Waals surface area (Å²) >= 11 is 0. The van der Waals surface area contributed by atoms with E-state index in [-0.39, 0.29) is 30.0 Å². The Morgan fingerprint density at radius 3 is 2.50 bits per heavy atom. The molecule has 1 fully saturated rings. The Morgan fingerprint density at radius 1 is 1.20 bits per heavy atom. The Kier molecular flexibility index (Phi) is 7.42. The molecule has 2 aromatic rings. The fourth-order valence-electron chi connectivity index (χ4n) is 3.33. The van der Waals surface area contributed by atoms with Crippen molar-refractivity contribution in [3.05, 3.63) is 77.9 Å². The van der Waals surface area contributed by atoms with Crippen LogP contribution in [0.1, 0.15) is 34.3 Å². The first kappa shape index (κ1) is 22.2. The molecular weight excluding hydrogens is 400 g/mol. The molecule has 0 aromatic heterocycles. The number of hydrogen-bond acceptors (Lipinski definition) is 4. The van der Waals surface area contributed by atoms with Gasteiger partial charge in [0.25, 0.3) is 5.91 Å². The van der Waals surface area contributed by atoms with E-state index in [2.05, 4.69) is 11.9 Å². The fraction of sp³-hybridized carbons (Fsp3) is 0.348. The zero-order valence-electron chi connectivity index (χ0n) is 17.2. The Bertz CT molecular complexity index is 963. The van der Waals surface area contributed by atoms with Gasteiger partial charge in [0, 0.05) is 31.8 Å². The highest BCUT2D eigenvalue weighted by Crippen LogP contribution is 2.19. The van der Waals surface area contributed by atoms with E-state index in [1.165, 1.54) is 4.31 Å². The van der Waals surface area contributed by atoms with Crippen molar-refractivity contribution in [2.24, 2.45) is 0 Å². The van der Waals surface area contributed by atoms with Crippen LogP contribution >= 0.6 is 0 Å². The SMILES string of the molecule is C=CCN(Cc1ccc(C(=O)NC[C@H]2CCCO2)cc1)S(=O)(=O)c1ccc(C)cc1. The van der Waals surface area contributed by atoms with Crippen LogP contribution < -0.4 is 5.32 Å². The van der Waals surface area contributed by atoms with Gasteiger partial charge >= 0.3 is 0 Å². The van der Waals surface area contributed by atoms with Crippen LogP contribution in [-0.4, -0.2) is 44.4 Å². The summed E-state index contributed by atoms with van der Waals surface area (Å²) < 4.78 is 32.9. The summed E-state index contributed by atoms with van der Waals surface area (Å²) in [6, 6.07) is 13.8. The summed E-state index contributed by atoms with van der Waals surface area (Å²) in [4.78, 5) is 12.6. The molecule has 7 heteroatoms. The number of aryl methyl sites for hydroxylation is 1. The second kappa shape index (κ2) is 10.0. The van der Waals surface area contributed by atoms with Gasteiger partial charge in [0.1, 0.15) is 0 Å².